The lowest BCUT2D eigenvalue weighted by atomic mass is 9.91. The van der Waals surface area contributed by atoms with Crippen LogP contribution in [0.15, 0.2) is 60.7 Å². The first-order chi connectivity index (χ1) is 13.9. The van der Waals surface area contributed by atoms with Crippen LogP contribution >= 0.6 is 23.2 Å². The van der Waals surface area contributed by atoms with Crippen LogP contribution in [0.5, 0.6) is 5.75 Å². The second-order valence-electron chi connectivity index (χ2n) is 6.48. The minimum absolute atomic E-state index is 0.255. The average molecular weight is 425 g/mol. The molecule has 0 aliphatic heterocycles. The van der Waals surface area contributed by atoms with E-state index in [4.69, 9.17) is 27.9 Å². The lowest BCUT2D eigenvalue weighted by molar-refractivity contribution is 0.102. The molecule has 29 heavy (non-hydrogen) atoms. The smallest absolute Gasteiger partial charge is 0.255 e. The van der Waals surface area contributed by atoms with Gasteiger partial charge in [0.2, 0.25) is 0 Å². The van der Waals surface area contributed by atoms with Crippen molar-refractivity contribution in [2.24, 2.45) is 0 Å². The molecular weight excluding hydrogens is 407 g/mol. The van der Waals surface area contributed by atoms with E-state index in [-0.39, 0.29) is 5.91 Å². The molecule has 0 heterocycles. The van der Waals surface area contributed by atoms with E-state index in [2.05, 4.69) is 11.4 Å². The molecule has 3 aromatic rings. The molecule has 0 aliphatic rings. The number of carbonyl (C=O) groups excluding carboxylic acids is 1. The largest absolute Gasteiger partial charge is 0.497 e. The van der Waals surface area contributed by atoms with Gasteiger partial charge in [-0.15, -0.1) is 0 Å². The maximum atomic E-state index is 12.5. The zero-order valence-corrected chi connectivity index (χ0v) is 17.4. The number of amides is 1. The summed E-state index contributed by atoms with van der Waals surface area (Å²) < 4.78 is 5.11. The second kappa shape index (κ2) is 9.00. The predicted molar refractivity (Wildman–Crippen MR) is 116 cm³/mol. The number of nitrogens with zero attached hydrogens (tertiary/aromatic N) is 1. The topological polar surface area (TPSA) is 62.1 Å². The van der Waals surface area contributed by atoms with Crippen LogP contribution in [0.3, 0.4) is 0 Å². The first-order valence-corrected chi connectivity index (χ1v) is 9.59. The fourth-order valence-electron chi connectivity index (χ4n) is 2.98. The number of halogens is 2. The van der Waals surface area contributed by atoms with Gasteiger partial charge in [0, 0.05) is 21.3 Å². The molecule has 0 saturated heterocycles. The van der Waals surface area contributed by atoms with Crippen LogP contribution in [-0.4, -0.2) is 13.0 Å². The van der Waals surface area contributed by atoms with Gasteiger partial charge in [-0.1, -0.05) is 41.4 Å². The Labute approximate surface area is 179 Å². The molecule has 1 N–H and O–H groups in total. The number of nitriles is 1. The summed E-state index contributed by atoms with van der Waals surface area (Å²) in [5.41, 5.74) is 3.37. The van der Waals surface area contributed by atoms with Gasteiger partial charge in [-0.2, -0.15) is 5.26 Å². The summed E-state index contributed by atoms with van der Waals surface area (Å²) in [4.78, 5) is 12.5. The molecule has 0 spiro atoms. The Hall–Kier alpha value is -3.00. The molecule has 1 atom stereocenters. The van der Waals surface area contributed by atoms with Gasteiger partial charge in [-0.25, -0.2) is 0 Å². The number of aryl methyl sites for hydroxylation is 1. The summed E-state index contributed by atoms with van der Waals surface area (Å²) >= 11 is 12.4. The quantitative estimate of drug-likeness (QED) is 0.528. The number of nitrogens with one attached hydrogen (secondary N) is 1. The SMILES string of the molecule is COc1ccc(C(=O)Nc2cc(Cl)c(C(C#N)c3ccc(Cl)cc3)cc2C)cc1. The lowest BCUT2D eigenvalue weighted by Crippen LogP contribution is -2.13. The Morgan fingerprint density at radius 2 is 1.72 bits per heavy atom. The monoisotopic (exact) mass is 424 g/mol. The van der Waals surface area contributed by atoms with Gasteiger partial charge in [0.25, 0.3) is 5.91 Å². The molecule has 4 nitrogen and oxygen atoms in total. The van der Waals surface area contributed by atoms with Crippen LogP contribution in [0.1, 0.15) is 33.0 Å². The van der Waals surface area contributed by atoms with Gasteiger partial charge >= 0.3 is 0 Å². The van der Waals surface area contributed by atoms with E-state index in [9.17, 15) is 10.1 Å². The van der Waals surface area contributed by atoms with E-state index in [1.807, 2.05) is 13.0 Å². The van der Waals surface area contributed by atoms with E-state index in [0.717, 1.165) is 11.1 Å². The van der Waals surface area contributed by atoms with Crippen LogP contribution in [-0.2, 0) is 0 Å². The molecule has 0 aliphatic carbocycles. The minimum atomic E-state index is -0.537. The van der Waals surface area contributed by atoms with Crippen LogP contribution in [0, 0.1) is 18.3 Å². The maximum Gasteiger partial charge on any atom is 0.255 e. The molecule has 1 unspecified atom stereocenters. The third-order valence-electron chi connectivity index (χ3n) is 4.59. The van der Waals surface area contributed by atoms with Gasteiger partial charge in [0.15, 0.2) is 0 Å². The first-order valence-electron chi connectivity index (χ1n) is 8.83. The van der Waals surface area contributed by atoms with Crippen molar-refractivity contribution < 1.29 is 9.53 Å². The van der Waals surface area contributed by atoms with Crippen molar-refractivity contribution >= 4 is 34.8 Å². The highest BCUT2D eigenvalue weighted by Gasteiger charge is 2.19. The van der Waals surface area contributed by atoms with E-state index < -0.39 is 5.92 Å². The zero-order valence-electron chi connectivity index (χ0n) is 15.9. The molecule has 0 radical (unpaired) electrons. The van der Waals surface area contributed by atoms with E-state index in [0.29, 0.717) is 32.6 Å². The third-order valence-corrected chi connectivity index (χ3v) is 5.17. The lowest BCUT2D eigenvalue weighted by Gasteiger charge is -2.16. The average Bonchev–Trinajstić information content (AvgIpc) is 2.73. The summed E-state index contributed by atoms with van der Waals surface area (Å²) in [5.74, 6) is -0.117. The van der Waals surface area contributed by atoms with Gasteiger partial charge in [-0.3, -0.25) is 4.79 Å². The van der Waals surface area contributed by atoms with E-state index in [1.54, 1.807) is 61.7 Å². The summed E-state index contributed by atoms with van der Waals surface area (Å²) in [6.07, 6.45) is 0. The molecule has 3 aromatic carbocycles. The third kappa shape index (κ3) is 4.71. The molecule has 1 amide bonds. The highest BCUT2D eigenvalue weighted by atomic mass is 35.5. The molecule has 0 saturated carbocycles. The molecular formula is C23H18Cl2N2O2. The van der Waals surface area contributed by atoms with Crippen LogP contribution in [0.2, 0.25) is 10.0 Å². The molecule has 0 fully saturated rings. The van der Waals surface area contributed by atoms with Crippen LogP contribution in [0.4, 0.5) is 5.69 Å². The summed E-state index contributed by atoms with van der Waals surface area (Å²) in [6, 6.07) is 19.7. The van der Waals surface area contributed by atoms with Crippen molar-refractivity contribution in [3.05, 3.63) is 93.0 Å². The summed E-state index contributed by atoms with van der Waals surface area (Å²) in [7, 11) is 1.57. The number of anilines is 1. The van der Waals surface area contributed by atoms with Gasteiger partial charge < -0.3 is 10.1 Å². The Morgan fingerprint density at radius 1 is 1.07 bits per heavy atom. The van der Waals surface area contributed by atoms with Crippen molar-refractivity contribution in [3.8, 4) is 11.8 Å². The van der Waals surface area contributed by atoms with E-state index in [1.165, 1.54) is 0 Å². The molecule has 0 bridgehead atoms. The number of hydrogen-bond donors (Lipinski definition) is 1. The standard InChI is InChI=1S/C23H18Cl2N2O2/c1-14-11-19(20(13-26)15-3-7-17(24)8-4-15)21(25)12-22(14)27-23(28)16-5-9-18(29-2)10-6-16/h3-12,20H,1-2H3,(H,27,28). The number of benzene rings is 3. The van der Waals surface area contributed by atoms with Gasteiger partial charge in [0.1, 0.15) is 5.75 Å². The number of carbonyl (C=O) groups is 1. The Morgan fingerprint density at radius 3 is 2.31 bits per heavy atom. The van der Waals surface area contributed by atoms with Crippen molar-refractivity contribution in [2.45, 2.75) is 12.8 Å². The Bertz CT molecular complexity index is 1070. The van der Waals surface area contributed by atoms with Gasteiger partial charge in [0.05, 0.1) is 19.1 Å². The second-order valence-corrected chi connectivity index (χ2v) is 7.33. The highest BCUT2D eigenvalue weighted by molar-refractivity contribution is 6.32. The molecule has 0 aromatic heterocycles. The van der Waals surface area contributed by atoms with Crippen molar-refractivity contribution in [2.75, 3.05) is 12.4 Å². The zero-order chi connectivity index (χ0) is 21.0. The number of hydrogen-bond acceptors (Lipinski definition) is 3. The fourth-order valence-corrected chi connectivity index (χ4v) is 3.37. The van der Waals surface area contributed by atoms with Crippen molar-refractivity contribution in [1.82, 2.24) is 0 Å². The van der Waals surface area contributed by atoms with Crippen LogP contribution in [0.25, 0.3) is 0 Å². The summed E-state index contributed by atoms with van der Waals surface area (Å²) in [5, 5.41) is 13.6. The van der Waals surface area contributed by atoms with Crippen LogP contribution < -0.4 is 10.1 Å². The summed E-state index contributed by atoms with van der Waals surface area (Å²) in [6.45, 7) is 1.86. The normalized spacial score (nSPS) is 11.4. The fraction of sp³-hybridized carbons (Fsp3) is 0.130. The van der Waals surface area contributed by atoms with Crippen molar-refractivity contribution in [3.63, 3.8) is 0 Å². The first kappa shape index (κ1) is 20.7. The number of rotatable bonds is 5. The Kier molecular flexibility index (Phi) is 6.43. The maximum absolute atomic E-state index is 12.5. The Balaban J connectivity index is 1.87. The predicted octanol–water partition coefficient (Wildman–Crippen LogP) is 6.22. The van der Waals surface area contributed by atoms with Crippen molar-refractivity contribution in [1.29, 1.82) is 5.26 Å². The molecule has 6 heteroatoms. The minimum Gasteiger partial charge on any atom is -0.497 e. The highest BCUT2D eigenvalue weighted by Crippen LogP contribution is 2.34. The molecule has 146 valence electrons. The van der Waals surface area contributed by atoms with Gasteiger partial charge in [-0.05, 0) is 66.1 Å². The number of methoxy groups -OCH3 is 1. The number of ether oxygens (including phenoxy) is 1. The molecule has 3 rings (SSSR count). The van der Waals surface area contributed by atoms with E-state index >= 15 is 0 Å².